The number of carboxylic acids is 1. The topological polar surface area (TPSA) is 97.8 Å². The molecule has 8 heteroatoms. The fraction of sp³-hybridized carbons (Fsp3) is 0.421. The molecule has 0 aliphatic carbocycles. The van der Waals surface area contributed by atoms with Crippen molar-refractivity contribution in [2.75, 3.05) is 14.2 Å². The smallest absolute Gasteiger partial charge is 0.326 e. The maximum absolute atomic E-state index is 12.2. The van der Waals surface area contributed by atoms with Crippen LogP contribution in [0.4, 0.5) is 0 Å². The van der Waals surface area contributed by atoms with E-state index in [4.69, 9.17) is 9.47 Å². The Kier molecular flexibility index (Phi) is 7.18. The fourth-order valence-electron chi connectivity index (χ4n) is 2.59. The number of benzene rings is 1. The van der Waals surface area contributed by atoms with Crippen molar-refractivity contribution in [3.8, 4) is 22.1 Å². The van der Waals surface area contributed by atoms with Gasteiger partial charge in [-0.1, -0.05) is 13.8 Å². The Balaban J connectivity index is 2.07. The van der Waals surface area contributed by atoms with Gasteiger partial charge in [0.05, 0.1) is 26.3 Å². The van der Waals surface area contributed by atoms with Crippen LogP contribution >= 0.6 is 11.3 Å². The van der Waals surface area contributed by atoms with Crippen molar-refractivity contribution >= 4 is 23.2 Å². The number of hydrogen-bond acceptors (Lipinski definition) is 6. The number of nitrogens with zero attached hydrogens (tertiary/aromatic N) is 1. The Bertz CT molecular complexity index is 803. The first-order valence-corrected chi connectivity index (χ1v) is 9.41. The number of thiazole rings is 1. The van der Waals surface area contributed by atoms with Gasteiger partial charge in [0.2, 0.25) is 5.91 Å². The summed E-state index contributed by atoms with van der Waals surface area (Å²) in [5.74, 6) is 0.0145. The molecule has 1 unspecified atom stereocenters. The van der Waals surface area contributed by atoms with Crippen LogP contribution in [0.15, 0.2) is 23.6 Å². The molecular weight excluding hydrogens is 368 g/mol. The number of carbonyl (C=O) groups is 2. The Labute approximate surface area is 162 Å². The third kappa shape index (κ3) is 5.68. The van der Waals surface area contributed by atoms with Gasteiger partial charge < -0.3 is 19.9 Å². The number of nitrogens with one attached hydrogen (secondary N) is 1. The summed E-state index contributed by atoms with van der Waals surface area (Å²) in [7, 11) is 3.14. The van der Waals surface area contributed by atoms with Gasteiger partial charge in [-0.25, -0.2) is 9.78 Å². The Morgan fingerprint density at radius 1 is 1.22 bits per heavy atom. The first-order valence-electron chi connectivity index (χ1n) is 8.53. The number of ether oxygens (including phenoxy) is 2. The lowest BCUT2D eigenvalue weighted by Gasteiger charge is -2.16. The second kappa shape index (κ2) is 9.36. The summed E-state index contributed by atoms with van der Waals surface area (Å²) >= 11 is 1.41. The van der Waals surface area contributed by atoms with Crippen molar-refractivity contribution in [3.05, 3.63) is 29.3 Å². The van der Waals surface area contributed by atoms with Crippen molar-refractivity contribution in [1.82, 2.24) is 10.3 Å². The highest BCUT2D eigenvalue weighted by atomic mass is 32.1. The monoisotopic (exact) mass is 392 g/mol. The first kappa shape index (κ1) is 20.7. The van der Waals surface area contributed by atoms with Crippen LogP contribution in [0.5, 0.6) is 11.5 Å². The third-order valence-corrected chi connectivity index (χ3v) is 4.80. The minimum Gasteiger partial charge on any atom is -0.493 e. The molecule has 1 aromatic carbocycles. The molecule has 0 aliphatic rings. The molecule has 0 spiro atoms. The van der Waals surface area contributed by atoms with Gasteiger partial charge in [0.1, 0.15) is 11.0 Å². The van der Waals surface area contributed by atoms with E-state index in [1.54, 1.807) is 25.7 Å². The van der Waals surface area contributed by atoms with Gasteiger partial charge in [-0.2, -0.15) is 0 Å². The second-order valence-corrected chi connectivity index (χ2v) is 7.34. The van der Waals surface area contributed by atoms with Crippen LogP contribution in [0.1, 0.15) is 26.0 Å². The van der Waals surface area contributed by atoms with E-state index < -0.39 is 12.0 Å². The molecule has 2 N–H and O–H groups in total. The summed E-state index contributed by atoms with van der Waals surface area (Å²) in [4.78, 5) is 27.9. The number of aliphatic carboxylic acids is 1. The van der Waals surface area contributed by atoms with E-state index in [1.807, 2.05) is 26.0 Å². The van der Waals surface area contributed by atoms with Gasteiger partial charge in [0.25, 0.3) is 0 Å². The van der Waals surface area contributed by atoms with Crippen molar-refractivity contribution in [2.45, 2.75) is 32.7 Å². The summed E-state index contributed by atoms with van der Waals surface area (Å²) in [5, 5.41) is 14.3. The minimum atomic E-state index is -1.03. The molecule has 0 fully saturated rings. The molecular formula is C19H24N2O5S. The van der Waals surface area contributed by atoms with Crippen LogP contribution in [0.2, 0.25) is 0 Å². The molecule has 0 saturated heterocycles. The molecule has 2 rings (SSSR count). The molecule has 0 radical (unpaired) electrons. The molecule has 2 aromatic rings. The molecule has 1 amide bonds. The van der Waals surface area contributed by atoms with Crippen LogP contribution in [0.3, 0.4) is 0 Å². The van der Waals surface area contributed by atoms with E-state index in [2.05, 4.69) is 10.3 Å². The predicted octanol–water partition coefficient (Wildman–Crippen LogP) is 2.99. The molecule has 7 nitrogen and oxygen atoms in total. The van der Waals surface area contributed by atoms with E-state index in [-0.39, 0.29) is 18.2 Å². The fourth-order valence-corrected chi connectivity index (χ4v) is 3.41. The highest BCUT2D eigenvalue weighted by Gasteiger charge is 2.21. The zero-order valence-electron chi connectivity index (χ0n) is 15.8. The standard InChI is InChI=1S/C19H24N2O5S/c1-11(2)7-14(19(23)24)21-17(22)9-13-10-27-18(20-13)12-5-6-15(25-3)16(8-12)26-4/h5-6,8,10-11,14H,7,9H2,1-4H3,(H,21,22)(H,23,24). The van der Waals surface area contributed by atoms with E-state index >= 15 is 0 Å². The molecule has 0 aliphatic heterocycles. The lowest BCUT2D eigenvalue weighted by Crippen LogP contribution is -2.42. The van der Waals surface area contributed by atoms with Crippen molar-refractivity contribution in [2.24, 2.45) is 5.92 Å². The zero-order valence-corrected chi connectivity index (χ0v) is 16.6. The maximum atomic E-state index is 12.2. The largest absolute Gasteiger partial charge is 0.493 e. The van der Waals surface area contributed by atoms with Gasteiger partial charge in [-0.3, -0.25) is 4.79 Å². The van der Waals surface area contributed by atoms with E-state index in [0.29, 0.717) is 23.6 Å². The molecule has 0 bridgehead atoms. The number of hydrogen-bond donors (Lipinski definition) is 2. The van der Waals surface area contributed by atoms with Crippen LogP contribution in [-0.4, -0.2) is 42.2 Å². The Hall–Kier alpha value is -2.61. The average Bonchev–Trinajstić information content (AvgIpc) is 3.08. The van der Waals surface area contributed by atoms with Crippen molar-refractivity contribution in [3.63, 3.8) is 0 Å². The summed E-state index contributed by atoms with van der Waals surface area (Å²) in [6, 6.07) is 4.60. The summed E-state index contributed by atoms with van der Waals surface area (Å²) in [6.07, 6.45) is 0.417. The maximum Gasteiger partial charge on any atom is 0.326 e. The normalized spacial score (nSPS) is 11.9. The molecule has 0 saturated carbocycles. The second-order valence-electron chi connectivity index (χ2n) is 6.48. The van der Waals surface area contributed by atoms with E-state index in [9.17, 15) is 14.7 Å². The lowest BCUT2D eigenvalue weighted by molar-refractivity contribution is -0.142. The third-order valence-electron chi connectivity index (χ3n) is 3.86. The van der Waals surface area contributed by atoms with Crippen molar-refractivity contribution < 1.29 is 24.2 Å². The number of carboxylic acid groups (broad SMARTS) is 1. The number of aromatic nitrogens is 1. The van der Waals surface area contributed by atoms with Crippen LogP contribution in [-0.2, 0) is 16.0 Å². The van der Waals surface area contributed by atoms with Crippen LogP contribution < -0.4 is 14.8 Å². The van der Waals surface area contributed by atoms with Gasteiger partial charge in [-0.05, 0) is 30.5 Å². The summed E-state index contributed by atoms with van der Waals surface area (Å²) < 4.78 is 10.5. The number of rotatable bonds is 9. The van der Waals surface area contributed by atoms with Crippen molar-refractivity contribution in [1.29, 1.82) is 0 Å². The highest BCUT2D eigenvalue weighted by Crippen LogP contribution is 2.33. The lowest BCUT2D eigenvalue weighted by atomic mass is 10.0. The molecule has 146 valence electrons. The minimum absolute atomic E-state index is 0.0334. The molecule has 1 atom stereocenters. The highest BCUT2D eigenvalue weighted by molar-refractivity contribution is 7.13. The van der Waals surface area contributed by atoms with Crippen LogP contribution in [0, 0.1) is 5.92 Å². The van der Waals surface area contributed by atoms with Gasteiger partial charge in [-0.15, -0.1) is 11.3 Å². The number of methoxy groups -OCH3 is 2. The molecule has 27 heavy (non-hydrogen) atoms. The van der Waals surface area contributed by atoms with Gasteiger partial charge >= 0.3 is 5.97 Å². The first-order chi connectivity index (χ1) is 12.8. The number of amides is 1. The van der Waals surface area contributed by atoms with Gasteiger partial charge in [0, 0.05) is 10.9 Å². The SMILES string of the molecule is COc1ccc(-c2nc(CC(=O)NC(CC(C)C)C(=O)O)cs2)cc1OC. The predicted molar refractivity (Wildman–Crippen MR) is 103 cm³/mol. The van der Waals surface area contributed by atoms with Crippen LogP contribution in [0.25, 0.3) is 10.6 Å². The quantitative estimate of drug-likeness (QED) is 0.681. The van der Waals surface area contributed by atoms with E-state index in [1.165, 1.54) is 11.3 Å². The summed E-state index contributed by atoms with van der Waals surface area (Å²) in [6.45, 7) is 3.83. The number of carbonyl (C=O) groups excluding carboxylic acids is 1. The summed E-state index contributed by atoms with van der Waals surface area (Å²) in [5.41, 5.74) is 1.45. The molecule has 1 heterocycles. The van der Waals surface area contributed by atoms with E-state index in [0.717, 1.165) is 10.6 Å². The Morgan fingerprint density at radius 3 is 2.52 bits per heavy atom. The Morgan fingerprint density at radius 2 is 1.93 bits per heavy atom. The van der Waals surface area contributed by atoms with Gasteiger partial charge in [0.15, 0.2) is 11.5 Å². The zero-order chi connectivity index (χ0) is 20.0. The molecule has 1 aromatic heterocycles. The average molecular weight is 392 g/mol.